The molecule has 0 spiro atoms. The number of benzene rings is 1. The molecule has 0 radical (unpaired) electrons. The lowest BCUT2D eigenvalue weighted by molar-refractivity contribution is -0.156. The predicted octanol–water partition coefficient (Wildman–Crippen LogP) is 5.99. The second-order valence-corrected chi connectivity index (χ2v) is 28.2. The monoisotopic (exact) mass is 1280 g/mol. The summed E-state index contributed by atoms with van der Waals surface area (Å²) in [5.74, 6) is -9.10. The van der Waals surface area contributed by atoms with Gasteiger partial charge in [0.2, 0.25) is 65.0 Å². The van der Waals surface area contributed by atoms with Crippen LogP contribution in [-0.4, -0.2) is 216 Å². The normalized spacial score (nSPS) is 25.9. The van der Waals surface area contributed by atoms with Crippen molar-refractivity contribution in [3.63, 3.8) is 0 Å². The fourth-order valence-electron chi connectivity index (χ4n) is 11.7. The Morgan fingerprint density at radius 1 is 0.451 bits per heavy atom. The maximum atomic E-state index is 15.5. The van der Waals surface area contributed by atoms with E-state index in [4.69, 9.17) is 0 Å². The molecule has 1 saturated heterocycles. The van der Waals surface area contributed by atoms with Gasteiger partial charge in [0, 0.05) is 49.3 Å². The number of nitrogens with zero attached hydrogens (tertiary/aromatic N) is 7. The van der Waals surface area contributed by atoms with Gasteiger partial charge in [-0.05, 0) is 112 Å². The van der Waals surface area contributed by atoms with Crippen LogP contribution in [0.1, 0.15) is 167 Å². The van der Waals surface area contributed by atoms with E-state index in [1.165, 1.54) is 97.5 Å². The molecule has 2 rings (SSSR count). The average molecular weight is 1280 g/mol. The SMILES string of the molecule is CC[C@@H]1NC(=O)[C@H]([C@H](C)[C@H](C)C/C=C/c2ccc(C)cc2)N(C)C(=O)[C@H](C(C)C)N(C)C(=O)[C@H](CC(C)C)N(C)C(=O)[C@H](CC(C)C)N(C)C(=O)[C@@H](C)NC(=O)[C@H](C)NC(=O)[C@H](CC(C)C)N(C)C(=O)[C@H](C(C)C)NC(=O)[C@H](CC(C)C)N(C)C(=O)CN(C)C1=O. The van der Waals surface area contributed by atoms with Crippen LogP contribution in [0.3, 0.4) is 0 Å². The van der Waals surface area contributed by atoms with Crippen LogP contribution in [0.5, 0.6) is 0 Å². The van der Waals surface area contributed by atoms with Crippen LogP contribution in [0.25, 0.3) is 6.08 Å². The van der Waals surface area contributed by atoms with Gasteiger partial charge in [0.15, 0.2) is 0 Å². The molecule has 0 aromatic heterocycles. The zero-order valence-electron chi connectivity index (χ0n) is 59.9. The van der Waals surface area contributed by atoms with E-state index < -0.39 is 150 Å². The lowest BCUT2D eigenvalue weighted by Crippen LogP contribution is -2.62. The highest BCUT2D eigenvalue weighted by molar-refractivity contribution is 5.99. The van der Waals surface area contributed by atoms with Gasteiger partial charge < -0.3 is 55.6 Å². The van der Waals surface area contributed by atoms with Gasteiger partial charge in [-0.25, -0.2) is 0 Å². The number of carbonyl (C=O) groups is 11. The Labute approximate surface area is 545 Å². The first-order valence-corrected chi connectivity index (χ1v) is 32.9. The summed E-state index contributed by atoms with van der Waals surface area (Å²) in [6.07, 6.45) is 5.29. The van der Waals surface area contributed by atoms with Gasteiger partial charge in [0.25, 0.3) is 0 Å². The third-order valence-electron chi connectivity index (χ3n) is 17.7. The maximum absolute atomic E-state index is 15.5. The topological polar surface area (TPSA) is 259 Å². The molecule has 1 aromatic carbocycles. The van der Waals surface area contributed by atoms with Gasteiger partial charge in [0.05, 0.1) is 6.54 Å². The smallest absolute Gasteiger partial charge is 0.246 e. The van der Waals surface area contributed by atoms with E-state index in [-0.39, 0.29) is 61.7 Å². The summed E-state index contributed by atoms with van der Waals surface area (Å²) in [6.45, 7) is 32.1. The van der Waals surface area contributed by atoms with Crippen LogP contribution in [0.2, 0.25) is 0 Å². The van der Waals surface area contributed by atoms with E-state index in [0.717, 1.165) is 11.1 Å². The molecule has 1 aliphatic rings. The van der Waals surface area contributed by atoms with E-state index >= 15 is 19.2 Å². The van der Waals surface area contributed by atoms with Crippen molar-refractivity contribution in [2.75, 3.05) is 55.9 Å². The Kier molecular flexibility index (Phi) is 32.1. The largest absolute Gasteiger partial charge is 0.343 e. The molecular weight excluding hydrogens is 1160 g/mol. The molecule has 0 unspecified atom stereocenters. The van der Waals surface area contributed by atoms with Crippen LogP contribution < -0.4 is 21.3 Å². The Morgan fingerprint density at radius 3 is 1.35 bits per heavy atom. The van der Waals surface area contributed by atoms with E-state index in [2.05, 4.69) is 21.3 Å². The highest BCUT2D eigenvalue weighted by atomic mass is 16.2. The second-order valence-electron chi connectivity index (χ2n) is 28.2. The standard InChI is InChI=1S/C69H117N11O11/c1-26-51-65(87)74(19)38-56(81)75(20)52(34-39(2)3)62(84)73-57(43(10)11)68(90)76(21)53(35-40(4)5)61(83)70-48(17)60(82)71-49(18)64(86)77(22)54(36-41(6)7)66(88)78(23)55(37-42(8)9)67(89)79(24)58(44(12)13)69(91)80(25)59(63(85)72-51)47(16)46(15)28-27-29-50-32-30-45(14)31-33-50/h27,29-33,39-44,46-49,51-55,57-59H,26,28,34-38H2,1-25H3,(H,70,83)(H,71,82)(H,72,85)(H,73,84)/b29-27+/t46-,47-,48+,49-,51+,52+,53+,54+,55+,57+,58+,59+/m1/s1. The molecule has 4 N–H and O–H groups in total. The third-order valence-corrected chi connectivity index (χ3v) is 17.7. The maximum Gasteiger partial charge on any atom is 0.246 e. The number of nitrogens with one attached hydrogen (secondary N) is 4. The van der Waals surface area contributed by atoms with E-state index in [9.17, 15) is 33.6 Å². The molecule has 91 heavy (non-hydrogen) atoms. The molecule has 1 aliphatic heterocycles. The number of aryl methyl sites for hydroxylation is 1. The fourth-order valence-corrected chi connectivity index (χ4v) is 11.7. The zero-order valence-corrected chi connectivity index (χ0v) is 59.9. The molecule has 514 valence electrons. The van der Waals surface area contributed by atoms with E-state index in [1.54, 1.807) is 34.6 Å². The molecular formula is C69H117N11O11. The summed E-state index contributed by atoms with van der Waals surface area (Å²) >= 11 is 0. The number of hydrogen-bond donors (Lipinski definition) is 4. The van der Waals surface area contributed by atoms with E-state index in [0.29, 0.717) is 6.42 Å². The van der Waals surface area contributed by atoms with Crippen LogP contribution in [0, 0.1) is 54.3 Å². The molecule has 0 aliphatic carbocycles. The summed E-state index contributed by atoms with van der Waals surface area (Å²) in [6, 6.07) is -3.60. The number of likely N-dealkylation sites (N-methyl/N-ethyl adjacent to an activating group) is 7. The molecule has 11 amide bonds. The Balaban J connectivity index is 2.99. The predicted molar refractivity (Wildman–Crippen MR) is 357 cm³/mol. The summed E-state index contributed by atoms with van der Waals surface area (Å²) in [5, 5.41) is 11.2. The average Bonchev–Trinajstić information content (AvgIpc) is 0.937. The van der Waals surface area contributed by atoms with Crippen LogP contribution in [0.15, 0.2) is 30.3 Å². The number of rotatable bonds is 16. The van der Waals surface area contributed by atoms with Crippen molar-refractivity contribution in [2.45, 2.75) is 224 Å². The van der Waals surface area contributed by atoms with Crippen LogP contribution in [-0.2, 0) is 52.7 Å². The Bertz CT molecular complexity index is 2680. The Hall–Kier alpha value is -6.87. The zero-order chi connectivity index (χ0) is 70.0. The van der Waals surface area contributed by atoms with Gasteiger partial charge in [0.1, 0.15) is 60.4 Å². The highest BCUT2D eigenvalue weighted by Crippen LogP contribution is 2.28. The fraction of sp³-hybridized carbons (Fsp3) is 0.725. The van der Waals surface area contributed by atoms with E-state index in [1.807, 2.05) is 113 Å². The minimum Gasteiger partial charge on any atom is -0.343 e. The van der Waals surface area contributed by atoms with Crippen LogP contribution >= 0.6 is 0 Å². The van der Waals surface area contributed by atoms with Gasteiger partial charge in [-0.3, -0.25) is 52.7 Å². The molecule has 0 saturated carbocycles. The lowest BCUT2D eigenvalue weighted by Gasteiger charge is -2.42. The highest BCUT2D eigenvalue weighted by Gasteiger charge is 2.45. The quantitative estimate of drug-likeness (QED) is 0.150. The first kappa shape index (κ1) is 80.2. The van der Waals surface area contributed by atoms with Crippen molar-refractivity contribution in [3.05, 3.63) is 41.5 Å². The van der Waals surface area contributed by atoms with Crippen molar-refractivity contribution in [1.82, 2.24) is 55.6 Å². The van der Waals surface area contributed by atoms with Gasteiger partial charge in [-0.15, -0.1) is 0 Å². The molecule has 22 nitrogen and oxygen atoms in total. The number of carbonyl (C=O) groups excluding carboxylic acids is 11. The van der Waals surface area contributed by atoms with Crippen molar-refractivity contribution in [3.8, 4) is 0 Å². The third kappa shape index (κ3) is 22.7. The molecule has 22 heteroatoms. The summed E-state index contributed by atoms with van der Waals surface area (Å²) in [7, 11) is 10.3. The van der Waals surface area contributed by atoms with Gasteiger partial charge in [-0.2, -0.15) is 0 Å². The number of hydrogen-bond acceptors (Lipinski definition) is 11. The van der Waals surface area contributed by atoms with Crippen LogP contribution in [0.4, 0.5) is 0 Å². The minimum atomic E-state index is -1.22. The second kappa shape index (κ2) is 36.4. The van der Waals surface area contributed by atoms with Gasteiger partial charge in [-0.1, -0.05) is 146 Å². The Morgan fingerprint density at radius 2 is 0.879 bits per heavy atom. The number of amides is 11. The number of allylic oxidation sites excluding steroid dienone is 1. The lowest BCUT2D eigenvalue weighted by atomic mass is 9.84. The minimum absolute atomic E-state index is 0.0913. The summed E-state index contributed by atoms with van der Waals surface area (Å²) in [4.78, 5) is 171. The summed E-state index contributed by atoms with van der Waals surface area (Å²) < 4.78 is 0. The van der Waals surface area contributed by atoms with Gasteiger partial charge >= 0.3 is 0 Å². The summed E-state index contributed by atoms with van der Waals surface area (Å²) in [5.41, 5.74) is 2.10. The van der Waals surface area contributed by atoms with Crippen molar-refractivity contribution >= 4 is 71.1 Å². The molecule has 1 heterocycles. The molecule has 0 bridgehead atoms. The molecule has 12 atom stereocenters. The van der Waals surface area contributed by atoms with Crippen molar-refractivity contribution in [2.24, 2.45) is 47.3 Å². The molecule has 1 aromatic rings. The van der Waals surface area contributed by atoms with Crippen molar-refractivity contribution < 1.29 is 52.7 Å². The first-order valence-electron chi connectivity index (χ1n) is 32.9. The molecule has 1 fully saturated rings. The van der Waals surface area contributed by atoms with Crippen molar-refractivity contribution in [1.29, 1.82) is 0 Å². The first-order chi connectivity index (χ1) is 42.1.